The molecule has 49 heavy (non-hydrogen) atoms. The molecule has 0 spiro atoms. The molecular weight excluding hydrogens is 615 g/mol. The third kappa shape index (κ3) is 4.55. The molecule has 0 aliphatic heterocycles. The maximum Gasteiger partial charge on any atom is 0.144 e. The molecule has 2 aromatic heterocycles. The van der Waals surface area contributed by atoms with Gasteiger partial charge in [0.15, 0.2) is 0 Å². The Morgan fingerprint density at radius 2 is 1.04 bits per heavy atom. The van der Waals surface area contributed by atoms with Crippen LogP contribution in [0.15, 0.2) is 180 Å². The molecule has 0 radical (unpaired) electrons. The smallest absolute Gasteiger partial charge is 0.144 e. The number of para-hydroxylation sites is 1. The third-order valence-electron chi connectivity index (χ3n) is 9.65. The molecule has 3 heteroatoms. The summed E-state index contributed by atoms with van der Waals surface area (Å²) in [6.07, 6.45) is 0. The van der Waals surface area contributed by atoms with E-state index in [1.54, 1.807) is 0 Å². The van der Waals surface area contributed by atoms with Gasteiger partial charge in [0.1, 0.15) is 11.2 Å². The Bertz CT molecular complexity index is 2810. The van der Waals surface area contributed by atoms with Crippen molar-refractivity contribution in [3.63, 3.8) is 0 Å². The van der Waals surface area contributed by atoms with Crippen LogP contribution in [-0.4, -0.2) is 0 Å². The second kappa shape index (κ2) is 11.2. The molecule has 10 rings (SSSR count). The monoisotopic (exact) mass is 643 g/mol. The summed E-state index contributed by atoms with van der Waals surface area (Å²) in [7, 11) is 0. The van der Waals surface area contributed by atoms with E-state index in [1.165, 1.54) is 53.2 Å². The SMILES string of the molecule is c1ccc(-c2ccccc2-c2ccc(N(c3ccccc3)c3cccc4sc5ccc6c7cc8ccccc8cc7oc6c5c34)cc2)cc1. The van der Waals surface area contributed by atoms with Crippen LogP contribution in [0.3, 0.4) is 0 Å². The van der Waals surface area contributed by atoms with E-state index in [9.17, 15) is 0 Å². The summed E-state index contributed by atoms with van der Waals surface area (Å²) < 4.78 is 9.24. The first-order chi connectivity index (χ1) is 24.3. The lowest BCUT2D eigenvalue weighted by molar-refractivity contribution is 0.673. The molecule has 10 aromatic rings. The van der Waals surface area contributed by atoms with Gasteiger partial charge in [-0.15, -0.1) is 11.3 Å². The van der Waals surface area contributed by atoms with Crippen LogP contribution in [0, 0.1) is 0 Å². The molecule has 0 N–H and O–H groups in total. The van der Waals surface area contributed by atoms with Crippen molar-refractivity contribution in [1.82, 2.24) is 0 Å². The number of anilines is 3. The fraction of sp³-hybridized carbons (Fsp3) is 0. The highest BCUT2D eigenvalue weighted by Crippen LogP contribution is 2.48. The summed E-state index contributed by atoms with van der Waals surface area (Å²) in [6.45, 7) is 0. The van der Waals surface area contributed by atoms with Crippen molar-refractivity contribution in [2.24, 2.45) is 0 Å². The molecule has 0 aliphatic carbocycles. The minimum Gasteiger partial charge on any atom is -0.455 e. The van der Waals surface area contributed by atoms with E-state index < -0.39 is 0 Å². The second-order valence-corrected chi connectivity index (χ2v) is 13.6. The third-order valence-corrected chi connectivity index (χ3v) is 10.8. The molecule has 0 atom stereocenters. The maximum atomic E-state index is 6.79. The van der Waals surface area contributed by atoms with Crippen molar-refractivity contribution >= 4 is 81.3 Å². The minimum atomic E-state index is 0.921. The lowest BCUT2D eigenvalue weighted by Crippen LogP contribution is -2.10. The van der Waals surface area contributed by atoms with Crippen LogP contribution in [0.5, 0.6) is 0 Å². The Labute approximate surface area is 287 Å². The van der Waals surface area contributed by atoms with Crippen molar-refractivity contribution in [3.05, 3.63) is 176 Å². The molecule has 2 heterocycles. The minimum absolute atomic E-state index is 0.921. The summed E-state index contributed by atoms with van der Waals surface area (Å²) in [4.78, 5) is 2.39. The Kier molecular flexibility index (Phi) is 6.39. The molecule has 0 fully saturated rings. The number of nitrogens with zero attached hydrogens (tertiary/aromatic N) is 1. The van der Waals surface area contributed by atoms with Gasteiger partial charge in [-0.3, -0.25) is 0 Å². The van der Waals surface area contributed by atoms with Gasteiger partial charge < -0.3 is 9.32 Å². The highest BCUT2D eigenvalue weighted by molar-refractivity contribution is 7.26. The Morgan fingerprint density at radius 3 is 1.80 bits per heavy atom. The number of fused-ring (bicyclic) bond motifs is 8. The number of hydrogen-bond donors (Lipinski definition) is 0. The first-order valence-electron chi connectivity index (χ1n) is 16.6. The fourth-order valence-electron chi connectivity index (χ4n) is 7.39. The van der Waals surface area contributed by atoms with Crippen LogP contribution in [0.1, 0.15) is 0 Å². The number of rotatable bonds is 5. The zero-order chi connectivity index (χ0) is 32.3. The van der Waals surface area contributed by atoms with Crippen molar-refractivity contribution < 1.29 is 4.42 Å². The van der Waals surface area contributed by atoms with Gasteiger partial charge in [-0.05, 0) is 93.7 Å². The summed E-state index contributed by atoms with van der Waals surface area (Å²) in [5, 5.41) is 7.08. The predicted molar refractivity (Wildman–Crippen MR) is 210 cm³/mol. The predicted octanol–water partition coefficient (Wildman–Crippen LogP) is 13.9. The Hall–Kier alpha value is -6.16. The van der Waals surface area contributed by atoms with Crippen molar-refractivity contribution in [2.75, 3.05) is 4.90 Å². The average Bonchev–Trinajstić information content (AvgIpc) is 3.73. The first-order valence-corrected chi connectivity index (χ1v) is 17.4. The van der Waals surface area contributed by atoms with E-state index in [0.717, 1.165) is 39.0 Å². The van der Waals surface area contributed by atoms with Crippen LogP contribution in [0.2, 0.25) is 0 Å². The summed E-state index contributed by atoms with van der Waals surface area (Å²) in [5.41, 5.74) is 10.1. The summed E-state index contributed by atoms with van der Waals surface area (Å²) in [5.74, 6) is 0. The largest absolute Gasteiger partial charge is 0.455 e. The van der Waals surface area contributed by atoms with Gasteiger partial charge in [0.05, 0.1) is 5.69 Å². The highest BCUT2D eigenvalue weighted by Gasteiger charge is 2.22. The summed E-state index contributed by atoms with van der Waals surface area (Å²) in [6, 6.07) is 63.1. The van der Waals surface area contributed by atoms with E-state index in [-0.39, 0.29) is 0 Å². The molecule has 230 valence electrons. The summed E-state index contributed by atoms with van der Waals surface area (Å²) >= 11 is 1.82. The molecular formula is C46H29NOS. The number of furan rings is 1. The Morgan fingerprint density at radius 1 is 0.429 bits per heavy atom. The maximum absolute atomic E-state index is 6.79. The van der Waals surface area contributed by atoms with Gasteiger partial charge in [0.2, 0.25) is 0 Å². The van der Waals surface area contributed by atoms with E-state index in [2.05, 4.69) is 181 Å². The van der Waals surface area contributed by atoms with E-state index >= 15 is 0 Å². The topological polar surface area (TPSA) is 16.4 Å². The first kappa shape index (κ1) is 27.9. The van der Waals surface area contributed by atoms with Gasteiger partial charge >= 0.3 is 0 Å². The van der Waals surface area contributed by atoms with Gasteiger partial charge in [-0.1, -0.05) is 115 Å². The lowest BCUT2D eigenvalue weighted by atomic mass is 9.94. The lowest BCUT2D eigenvalue weighted by Gasteiger charge is -2.26. The van der Waals surface area contributed by atoms with Crippen LogP contribution in [-0.2, 0) is 0 Å². The number of benzene rings is 8. The van der Waals surface area contributed by atoms with Gasteiger partial charge in [-0.25, -0.2) is 0 Å². The van der Waals surface area contributed by atoms with Crippen LogP contribution < -0.4 is 4.90 Å². The Balaban J connectivity index is 1.18. The number of hydrogen-bond acceptors (Lipinski definition) is 3. The van der Waals surface area contributed by atoms with E-state index in [1.807, 2.05) is 11.3 Å². The molecule has 0 bridgehead atoms. The molecule has 0 unspecified atom stereocenters. The van der Waals surface area contributed by atoms with Crippen molar-refractivity contribution in [1.29, 1.82) is 0 Å². The van der Waals surface area contributed by atoms with Crippen LogP contribution in [0.4, 0.5) is 17.1 Å². The molecule has 2 nitrogen and oxygen atoms in total. The molecule has 0 saturated heterocycles. The average molecular weight is 644 g/mol. The van der Waals surface area contributed by atoms with Gasteiger partial charge in [0.25, 0.3) is 0 Å². The van der Waals surface area contributed by atoms with E-state index in [4.69, 9.17) is 4.42 Å². The number of thiophene rings is 1. The van der Waals surface area contributed by atoms with Gasteiger partial charge in [-0.2, -0.15) is 0 Å². The van der Waals surface area contributed by atoms with Crippen molar-refractivity contribution in [3.8, 4) is 22.3 Å². The van der Waals surface area contributed by atoms with Gasteiger partial charge in [0, 0.05) is 42.3 Å². The zero-order valence-corrected chi connectivity index (χ0v) is 27.3. The zero-order valence-electron chi connectivity index (χ0n) is 26.5. The molecule has 0 amide bonds. The standard InChI is InChI=1S/C46H29NOS/c1-3-12-30(13-4-1)36-18-9-10-19-37(36)31-22-24-35(25-23-31)47(34-16-5-2-6-17-34)40-20-11-21-42-44(40)45-43(49-42)27-26-38-39-28-32-14-7-8-15-33(32)29-41(39)48-46(38)45/h1-29H. The molecule has 8 aromatic carbocycles. The van der Waals surface area contributed by atoms with E-state index in [0.29, 0.717) is 0 Å². The van der Waals surface area contributed by atoms with Crippen LogP contribution >= 0.6 is 11.3 Å². The second-order valence-electron chi connectivity index (χ2n) is 12.5. The van der Waals surface area contributed by atoms with Crippen LogP contribution in [0.25, 0.3) is 75.1 Å². The molecule has 0 saturated carbocycles. The van der Waals surface area contributed by atoms with Crippen molar-refractivity contribution in [2.45, 2.75) is 0 Å². The fourth-order valence-corrected chi connectivity index (χ4v) is 8.51. The quantitative estimate of drug-likeness (QED) is 0.186. The normalized spacial score (nSPS) is 11.7. The molecule has 0 aliphatic rings. The highest BCUT2D eigenvalue weighted by atomic mass is 32.1.